The van der Waals surface area contributed by atoms with Crippen molar-refractivity contribution in [2.24, 2.45) is 0 Å². The maximum atomic E-state index is 13.4. The third-order valence-corrected chi connectivity index (χ3v) is 7.69. The van der Waals surface area contributed by atoms with Crippen LogP contribution in [0, 0.1) is 11.6 Å². The Balaban J connectivity index is 1.32. The van der Waals surface area contributed by atoms with Gasteiger partial charge >= 0.3 is 0 Å². The van der Waals surface area contributed by atoms with Crippen LogP contribution in [0.15, 0.2) is 109 Å². The molecule has 1 saturated heterocycles. The first-order valence-corrected chi connectivity index (χ1v) is 13.6. The zero-order chi connectivity index (χ0) is 27.9. The summed E-state index contributed by atoms with van der Waals surface area (Å²) in [6.45, 7) is 2.91. The fraction of sp³-hybridized carbons (Fsp3) is 0.235. The van der Waals surface area contributed by atoms with Crippen LogP contribution in [0.4, 0.5) is 8.78 Å². The third kappa shape index (κ3) is 6.76. The number of rotatable bonds is 10. The minimum Gasteiger partial charge on any atom is -0.294 e. The van der Waals surface area contributed by atoms with Crippen LogP contribution in [-0.4, -0.2) is 47.5 Å². The Bertz CT molecular complexity index is 1290. The van der Waals surface area contributed by atoms with Gasteiger partial charge in [-0.05, 0) is 59.7 Å². The van der Waals surface area contributed by atoms with Gasteiger partial charge in [0.15, 0.2) is 11.6 Å². The molecule has 0 aliphatic carbocycles. The molecule has 204 valence electrons. The number of ketones is 2. The van der Waals surface area contributed by atoms with Crippen LogP contribution < -0.4 is 0 Å². The van der Waals surface area contributed by atoms with Crippen molar-refractivity contribution in [1.29, 1.82) is 0 Å². The summed E-state index contributed by atoms with van der Waals surface area (Å²) in [6.07, 6.45) is 0.585. The van der Waals surface area contributed by atoms with Crippen LogP contribution in [0.3, 0.4) is 0 Å². The van der Waals surface area contributed by atoms with Gasteiger partial charge in [-0.15, -0.1) is 0 Å². The third-order valence-electron chi connectivity index (χ3n) is 7.69. The van der Waals surface area contributed by atoms with E-state index in [1.54, 1.807) is 24.3 Å². The van der Waals surface area contributed by atoms with E-state index in [-0.39, 0.29) is 35.3 Å². The standard InChI is InChI=1S/C34H32F2N2O2/c35-29-15-11-27(12-16-29)33(39)23-31(25-7-3-1-4-8-25)37-19-21-38(22-20-37)32(26-9-5-2-6-10-26)24-34(40)28-13-17-30(36)18-14-28/h1-18,31-32H,19-24H2/t31-,32-/m1/s1. The van der Waals surface area contributed by atoms with Gasteiger partial charge in [0.25, 0.3) is 0 Å². The number of piperazine rings is 1. The molecule has 0 bridgehead atoms. The highest BCUT2D eigenvalue weighted by molar-refractivity contribution is 5.97. The van der Waals surface area contributed by atoms with E-state index in [0.29, 0.717) is 24.0 Å². The van der Waals surface area contributed by atoms with Crippen LogP contribution in [0.1, 0.15) is 56.8 Å². The largest absolute Gasteiger partial charge is 0.294 e. The Morgan fingerprint density at radius 1 is 0.525 bits per heavy atom. The highest BCUT2D eigenvalue weighted by Gasteiger charge is 2.31. The molecule has 4 aromatic carbocycles. The van der Waals surface area contributed by atoms with E-state index in [2.05, 4.69) is 9.80 Å². The first-order valence-electron chi connectivity index (χ1n) is 13.6. The second-order valence-electron chi connectivity index (χ2n) is 10.2. The van der Waals surface area contributed by atoms with E-state index in [1.807, 2.05) is 60.7 Å². The average Bonchev–Trinajstić information content (AvgIpc) is 3.00. The van der Waals surface area contributed by atoms with E-state index < -0.39 is 0 Å². The smallest absolute Gasteiger partial charge is 0.164 e. The minimum atomic E-state index is -0.363. The predicted octanol–water partition coefficient (Wildman–Crippen LogP) is 6.91. The molecule has 5 rings (SSSR count). The Hall–Kier alpha value is -4.00. The molecule has 6 heteroatoms. The van der Waals surface area contributed by atoms with E-state index in [1.165, 1.54) is 24.3 Å². The monoisotopic (exact) mass is 538 g/mol. The van der Waals surface area contributed by atoms with E-state index in [9.17, 15) is 18.4 Å². The van der Waals surface area contributed by atoms with Crippen molar-refractivity contribution >= 4 is 11.6 Å². The zero-order valence-electron chi connectivity index (χ0n) is 22.3. The van der Waals surface area contributed by atoms with Crippen LogP contribution >= 0.6 is 0 Å². The second-order valence-corrected chi connectivity index (χ2v) is 10.2. The summed E-state index contributed by atoms with van der Waals surface area (Å²) >= 11 is 0. The lowest BCUT2D eigenvalue weighted by Crippen LogP contribution is -2.49. The maximum absolute atomic E-state index is 13.4. The highest BCUT2D eigenvalue weighted by atomic mass is 19.1. The summed E-state index contributed by atoms with van der Waals surface area (Å²) in [4.78, 5) is 31.1. The van der Waals surface area contributed by atoms with E-state index in [4.69, 9.17) is 0 Å². The number of hydrogen-bond donors (Lipinski definition) is 0. The van der Waals surface area contributed by atoms with Gasteiger partial charge in [-0.2, -0.15) is 0 Å². The van der Waals surface area contributed by atoms with Crippen LogP contribution in [0.25, 0.3) is 0 Å². The lowest BCUT2D eigenvalue weighted by atomic mass is 9.94. The summed E-state index contributed by atoms with van der Waals surface area (Å²) in [6, 6.07) is 31.2. The molecule has 40 heavy (non-hydrogen) atoms. The Morgan fingerprint density at radius 3 is 1.18 bits per heavy atom. The molecule has 0 spiro atoms. The predicted molar refractivity (Wildman–Crippen MR) is 152 cm³/mol. The topological polar surface area (TPSA) is 40.6 Å². The molecule has 4 nitrogen and oxygen atoms in total. The van der Waals surface area contributed by atoms with Gasteiger partial charge in [0.2, 0.25) is 0 Å². The molecule has 0 N–H and O–H groups in total. The van der Waals surface area contributed by atoms with Crippen molar-refractivity contribution in [3.05, 3.63) is 143 Å². The molecule has 1 aliphatic rings. The van der Waals surface area contributed by atoms with Gasteiger partial charge in [0, 0.05) is 62.2 Å². The first kappa shape index (κ1) is 27.6. The number of carbonyl (C=O) groups excluding carboxylic acids is 2. The van der Waals surface area contributed by atoms with Crippen LogP contribution in [0.2, 0.25) is 0 Å². The number of Topliss-reactive ketones (excluding diaryl/α,β-unsaturated/α-hetero) is 2. The Morgan fingerprint density at radius 2 is 0.850 bits per heavy atom. The highest BCUT2D eigenvalue weighted by Crippen LogP contribution is 2.31. The molecular formula is C34H32F2N2O2. The fourth-order valence-electron chi connectivity index (χ4n) is 5.49. The molecule has 2 atom stereocenters. The molecule has 0 unspecified atom stereocenters. The van der Waals surface area contributed by atoms with Crippen molar-refractivity contribution in [3.8, 4) is 0 Å². The molecule has 0 radical (unpaired) electrons. The van der Waals surface area contributed by atoms with Gasteiger partial charge < -0.3 is 0 Å². The summed E-state index contributed by atoms with van der Waals surface area (Å²) in [5.41, 5.74) is 3.14. The fourth-order valence-corrected chi connectivity index (χ4v) is 5.49. The number of hydrogen-bond acceptors (Lipinski definition) is 4. The SMILES string of the molecule is O=C(C[C@H](c1ccccc1)N1CCN([C@H](CC(=O)c2ccc(F)cc2)c2ccccc2)CC1)c1ccc(F)cc1. The van der Waals surface area contributed by atoms with Gasteiger partial charge in [0.05, 0.1) is 0 Å². The molecular weight excluding hydrogens is 506 g/mol. The summed E-state index contributed by atoms with van der Waals surface area (Å²) < 4.78 is 26.8. The molecule has 1 fully saturated rings. The molecule has 1 aliphatic heterocycles. The number of nitrogens with zero attached hydrogens (tertiary/aromatic N) is 2. The molecule has 0 aromatic heterocycles. The number of carbonyl (C=O) groups is 2. The van der Waals surface area contributed by atoms with E-state index in [0.717, 1.165) is 37.3 Å². The van der Waals surface area contributed by atoms with E-state index >= 15 is 0 Å². The van der Waals surface area contributed by atoms with Crippen molar-refractivity contribution in [3.63, 3.8) is 0 Å². The number of halogens is 2. The normalized spacial score (nSPS) is 15.8. The van der Waals surface area contributed by atoms with Crippen molar-refractivity contribution in [2.45, 2.75) is 24.9 Å². The molecule has 0 saturated carbocycles. The van der Waals surface area contributed by atoms with Gasteiger partial charge in [-0.3, -0.25) is 19.4 Å². The molecule has 4 aromatic rings. The summed E-state index contributed by atoms with van der Waals surface area (Å²) in [7, 11) is 0. The maximum Gasteiger partial charge on any atom is 0.164 e. The minimum absolute atomic E-state index is 0.0247. The van der Waals surface area contributed by atoms with Crippen LogP contribution in [-0.2, 0) is 0 Å². The van der Waals surface area contributed by atoms with Gasteiger partial charge in [0.1, 0.15) is 11.6 Å². The van der Waals surface area contributed by atoms with Crippen molar-refractivity contribution < 1.29 is 18.4 Å². The lowest BCUT2D eigenvalue weighted by Gasteiger charge is -2.42. The van der Waals surface area contributed by atoms with Gasteiger partial charge in [-0.1, -0.05) is 60.7 Å². The Labute approximate surface area is 233 Å². The van der Waals surface area contributed by atoms with Crippen molar-refractivity contribution in [1.82, 2.24) is 9.80 Å². The zero-order valence-corrected chi connectivity index (χ0v) is 22.3. The van der Waals surface area contributed by atoms with Crippen molar-refractivity contribution in [2.75, 3.05) is 26.2 Å². The molecule has 1 heterocycles. The second kappa shape index (κ2) is 12.9. The van der Waals surface area contributed by atoms with Crippen LogP contribution in [0.5, 0.6) is 0 Å². The average molecular weight is 539 g/mol. The lowest BCUT2D eigenvalue weighted by molar-refractivity contribution is 0.0557. The summed E-state index contributed by atoms with van der Waals surface area (Å²) in [5.74, 6) is -0.775. The molecule has 0 amide bonds. The van der Waals surface area contributed by atoms with Gasteiger partial charge in [-0.25, -0.2) is 8.78 Å². The quantitative estimate of drug-likeness (QED) is 0.206. The number of benzene rings is 4. The Kier molecular flexibility index (Phi) is 8.89. The first-order chi connectivity index (χ1) is 19.5. The summed E-state index contributed by atoms with van der Waals surface area (Å²) in [5, 5.41) is 0.